The molecule has 0 fully saturated rings. The largest absolute Gasteiger partial charge is 0.383 e. The molecule has 0 saturated heterocycles. The van der Waals surface area contributed by atoms with Gasteiger partial charge in [-0.1, -0.05) is 25.6 Å². The predicted octanol–water partition coefficient (Wildman–Crippen LogP) is 1.51. The van der Waals surface area contributed by atoms with Crippen LogP contribution in [-0.2, 0) is 4.74 Å². The summed E-state index contributed by atoms with van der Waals surface area (Å²) in [5.41, 5.74) is 5.25. The van der Waals surface area contributed by atoms with E-state index in [1.807, 2.05) is 0 Å². The first-order valence-electron chi connectivity index (χ1n) is 5.65. The van der Waals surface area contributed by atoms with Crippen molar-refractivity contribution in [1.29, 1.82) is 0 Å². The van der Waals surface area contributed by atoms with Crippen molar-refractivity contribution in [2.45, 2.75) is 25.4 Å². The summed E-state index contributed by atoms with van der Waals surface area (Å²) in [4.78, 5) is 17.7. The average Bonchev–Trinajstić information content (AvgIpc) is 2.21. The highest BCUT2D eigenvalue weighted by atomic mass is 32.2. The van der Waals surface area contributed by atoms with Crippen molar-refractivity contribution in [3.05, 3.63) is 16.4 Å². The van der Waals surface area contributed by atoms with Crippen molar-refractivity contribution in [2.24, 2.45) is 5.92 Å². The van der Waals surface area contributed by atoms with Crippen LogP contribution in [0, 0.1) is 5.92 Å². The molecule has 17 heavy (non-hydrogen) atoms. The summed E-state index contributed by atoms with van der Waals surface area (Å²) in [5.74, 6) is 1.66. The van der Waals surface area contributed by atoms with E-state index in [-0.39, 0.29) is 11.4 Å². The summed E-state index contributed by atoms with van der Waals surface area (Å²) in [7, 11) is 0. The number of hydrogen-bond acceptors (Lipinski definition) is 5. The van der Waals surface area contributed by atoms with Crippen molar-refractivity contribution < 1.29 is 4.74 Å². The van der Waals surface area contributed by atoms with Gasteiger partial charge < -0.3 is 15.5 Å². The molecule has 3 N–H and O–H groups in total. The molecular weight excluding hydrogens is 238 g/mol. The van der Waals surface area contributed by atoms with Crippen molar-refractivity contribution in [3.8, 4) is 0 Å². The van der Waals surface area contributed by atoms with Gasteiger partial charge in [-0.05, 0) is 12.3 Å². The summed E-state index contributed by atoms with van der Waals surface area (Å²) >= 11 is 1.44. The van der Waals surface area contributed by atoms with E-state index in [4.69, 9.17) is 10.5 Å². The average molecular weight is 257 g/mol. The molecule has 0 atom stereocenters. The lowest BCUT2D eigenvalue weighted by Crippen LogP contribution is -2.10. The number of H-pyrrole nitrogens is 1. The lowest BCUT2D eigenvalue weighted by Gasteiger charge is -2.06. The number of anilines is 1. The van der Waals surface area contributed by atoms with Gasteiger partial charge in [0.1, 0.15) is 5.82 Å². The first-order valence-corrected chi connectivity index (χ1v) is 6.64. The highest BCUT2D eigenvalue weighted by Gasteiger charge is 2.00. The third-order valence-corrected chi connectivity index (χ3v) is 2.88. The highest BCUT2D eigenvalue weighted by molar-refractivity contribution is 7.99. The number of aromatic nitrogens is 2. The van der Waals surface area contributed by atoms with Crippen molar-refractivity contribution in [2.75, 3.05) is 24.7 Å². The zero-order valence-corrected chi connectivity index (χ0v) is 11.0. The van der Waals surface area contributed by atoms with Crippen LogP contribution in [0.15, 0.2) is 16.0 Å². The van der Waals surface area contributed by atoms with Gasteiger partial charge in [-0.15, -0.1) is 0 Å². The summed E-state index contributed by atoms with van der Waals surface area (Å²) in [6, 6.07) is 1.27. The number of nitrogen functional groups attached to an aromatic ring is 1. The molecule has 0 bridgehead atoms. The van der Waals surface area contributed by atoms with Gasteiger partial charge in [0.15, 0.2) is 5.16 Å². The molecule has 0 unspecified atom stereocenters. The number of nitrogens with one attached hydrogen (secondary N) is 1. The van der Waals surface area contributed by atoms with E-state index in [0.29, 0.717) is 17.7 Å². The molecule has 0 spiro atoms. The summed E-state index contributed by atoms with van der Waals surface area (Å²) < 4.78 is 5.45. The fourth-order valence-corrected chi connectivity index (χ4v) is 1.88. The Balaban J connectivity index is 2.20. The molecule has 0 aliphatic rings. The molecule has 6 heteroatoms. The predicted molar refractivity (Wildman–Crippen MR) is 70.3 cm³/mol. The highest BCUT2D eigenvalue weighted by Crippen LogP contribution is 2.11. The molecule has 1 heterocycles. The fourth-order valence-electron chi connectivity index (χ4n) is 1.14. The number of ether oxygens (including phenoxy) is 1. The Bertz CT molecular complexity index is 393. The molecule has 0 radical (unpaired) electrons. The molecule has 0 aromatic carbocycles. The van der Waals surface area contributed by atoms with Crippen LogP contribution in [-0.4, -0.2) is 28.9 Å². The van der Waals surface area contributed by atoms with E-state index in [2.05, 4.69) is 23.8 Å². The summed E-state index contributed by atoms with van der Waals surface area (Å²) in [6.45, 7) is 5.76. The zero-order chi connectivity index (χ0) is 12.7. The summed E-state index contributed by atoms with van der Waals surface area (Å²) in [5, 5.41) is 0.544. The van der Waals surface area contributed by atoms with E-state index < -0.39 is 0 Å². The minimum Gasteiger partial charge on any atom is -0.383 e. The standard InChI is InChI=1S/C11H19N3O2S/c1-8(2)3-4-16-5-6-17-11-13-9(12)7-10(15)14-11/h7-8H,3-6H2,1-2H3,(H3,12,13,14,15). The fraction of sp³-hybridized carbons (Fsp3) is 0.636. The number of rotatable bonds is 7. The van der Waals surface area contributed by atoms with Gasteiger partial charge in [0, 0.05) is 18.4 Å². The second-order valence-corrected chi connectivity index (χ2v) is 5.20. The number of thioether (sulfide) groups is 1. The van der Waals surface area contributed by atoms with Gasteiger partial charge in [0.25, 0.3) is 5.56 Å². The van der Waals surface area contributed by atoms with Crippen LogP contribution in [0.4, 0.5) is 5.82 Å². The number of hydrogen-bond donors (Lipinski definition) is 2. The van der Waals surface area contributed by atoms with Crippen LogP contribution < -0.4 is 11.3 Å². The van der Waals surface area contributed by atoms with Crippen LogP contribution in [0.5, 0.6) is 0 Å². The maximum absolute atomic E-state index is 11.1. The van der Waals surface area contributed by atoms with E-state index in [1.54, 1.807) is 0 Å². The SMILES string of the molecule is CC(C)CCOCCSc1nc(N)cc(=O)[nH]1. The second-order valence-electron chi connectivity index (χ2n) is 4.12. The van der Waals surface area contributed by atoms with Crippen LogP contribution in [0.1, 0.15) is 20.3 Å². The first-order chi connectivity index (χ1) is 8.08. The van der Waals surface area contributed by atoms with E-state index in [1.165, 1.54) is 17.8 Å². The lowest BCUT2D eigenvalue weighted by atomic mass is 10.1. The lowest BCUT2D eigenvalue weighted by molar-refractivity contribution is 0.138. The molecule has 1 aromatic rings. The summed E-state index contributed by atoms with van der Waals surface area (Å²) in [6.07, 6.45) is 1.07. The molecule has 0 saturated carbocycles. The molecule has 1 aromatic heterocycles. The van der Waals surface area contributed by atoms with E-state index >= 15 is 0 Å². The van der Waals surface area contributed by atoms with Gasteiger partial charge in [0.05, 0.1) is 6.61 Å². The van der Waals surface area contributed by atoms with Gasteiger partial charge in [-0.2, -0.15) is 0 Å². The smallest absolute Gasteiger partial charge is 0.253 e. The molecular formula is C11H19N3O2S. The van der Waals surface area contributed by atoms with Crippen LogP contribution in [0.2, 0.25) is 0 Å². The minimum absolute atomic E-state index is 0.222. The normalized spacial score (nSPS) is 11.0. The molecule has 96 valence electrons. The van der Waals surface area contributed by atoms with Crippen LogP contribution in [0.3, 0.4) is 0 Å². The maximum Gasteiger partial charge on any atom is 0.253 e. The Morgan fingerprint density at radius 3 is 2.94 bits per heavy atom. The molecule has 1 rings (SSSR count). The Labute approximate surface area is 105 Å². The number of aromatic amines is 1. The van der Waals surface area contributed by atoms with Gasteiger partial charge in [0.2, 0.25) is 0 Å². The topological polar surface area (TPSA) is 81.0 Å². The van der Waals surface area contributed by atoms with Crippen molar-refractivity contribution in [1.82, 2.24) is 9.97 Å². The van der Waals surface area contributed by atoms with E-state index in [0.717, 1.165) is 18.8 Å². The molecule has 0 amide bonds. The zero-order valence-electron chi connectivity index (χ0n) is 10.2. The van der Waals surface area contributed by atoms with Crippen molar-refractivity contribution >= 4 is 17.6 Å². The Morgan fingerprint density at radius 1 is 1.53 bits per heavy atom. The van der Waals surface area contributed by atoms with Crippen molar-refractivity contribution in [3.63, 3.8) is 0 Å². The number of nitrogens with two attached hydrogens (primary N) is 1. The van der Waals surface area contributed by atoms with Crippen LogP contribution >= 0.6 is 11.8 Å². The third-order valence-electron chi connectivity index (χ3n) is 2.05. The molecule has 5 nitrogen and oxygen atoms in total. The Kier molecular flexibility index (Phi) is 6.07. The van der Waals surface area contributed by atoms with Gasteiger partial charge in [-0.25, -0.2) is 4.98 Å². The van der Waals surface area contributed by atoms with Gasteiger partial charge in [-0.3, -0.25) is 4.79 Å². The Hall–Kier alpha value is -1.01. The molecule has 0 aliphatic carbocycles. The van der Waals surface area contributed by atoms with Gasteiger partial charge >= 0.3 is 0 Å². The Morgan fingerprint density at radius 2 is 2.29 bits per heavy atom. The third kappa shape index (κ3) is 6.33. The first kappa shape index (κ1) is 14.1. The maximum atomic E-state index is 11.1. The van der Waals surface area contributed by atoms with Crippen LogP contribution in [0.25, 0.3) is 0 Å². The second kappa shape index (κ2) is 7.34. The molecule has 0 aliphatic heterocycles. The number of nitrogens with zero attached hydrogens (tertiary/aromatic N) is 1. The minimum atomic E-state index is -0.222. The monoisotopic (exact) mass is 257 g/mol. The van der Waals surface area contributed by atoms with E-state index in [9.17, 15) is 4.79 Å². The quantitative estimate of drug-likeness (QED) is 0.439.